The fourth-order valence-electron chi connectivity index (χ4n) is 1.10. The maximum absolute atomic E-state index is 4.97. The van der Waals surface area contributed by atoms with E-state index < -0.39 is 0 Å². The minimum Gasteiger partial charge on any atom is -0.467 e. The molecule has 1 aromatic heterocycles. The molecule has 0 amide bonds. The van der Waals surface area contributed by atoms with Gasteiger partial charge in [0, 0.05) is 13.0 Å². The molecule has 2 rings (SSSR count). The van der Waals surface area contributed by atoms with Crippen molar-refractivity contribution in [3.8, 4) is 6.01 Å². The van der Waals surface area contributed by atoms with Crippen molar-refractivity contribution in [1.29, 1.82) is 0 Å². The fourth-order valence-corrected chi connectivity index (χ4v) is 1.10. The van der Waals surface area contributed by atoms with Gasteiger partial charge in [-0.1, -0.05) is 0 Å². The number of methoxy groups -OCH3 is 1. The Morgan fingerprint density at radius 1 is 1.31 bits per heavy atom. The summed E-state index contributed by atoms with van der Waals surface area (Å²) in [5.41, 5.74) is 0. The summed E-state index contributed by atoms with van der Waals surface area (Å²) < 4.78 is 4.97. The van der Waals surface area contributed by atoms with Crippen molar-refractivity contribution in [2.45, 2.75) is 18.8 Å². The van der Waals surface area contributed by atoms with E-state index >= 15 is 0 Å². The van der Waals surface area contributed by atoms with E-state index in [1.54, 1.807) is 14.2 Å². The second kappa shape index (κ2) is 3.16. The number of rotatable bonds is 3. The number of nitrogens with one attached hydrogen (secondary N) is 1. The monoisotopic (exact) mass is 180 g/mol. The largest absolute Gasteiger partial charge is 0.467 e. The van der Waals surface area contributed by atoms with Crippen LogP contribution in [0.3, 0.4) is 0 Å². The predicted molar refractivity (Wildman–Crippen MR) is 47.9 cm³/mol. The third kappa shape index (κ3) is 1.68. The van der Waals surface area contributed by atoms with Gasteiger partial charge >= 0.3 is 6.01 Å². The summed E-state index contributed by atoms with van der Waals surface area (Å²) in [5, 5.41) is 2.88. The highest BCUT2D eigenvalue weighted by atomic mass is 16.5. The molecule has 13 heavy (non-hydrogen) atoms. The molecular formula is C8H12N4O. The quantitative estimate of drug-likeness (QED) is 0.745. The lowest BCUT2D eigenvalue weighted by molar-refractivity contribution is 0.376. The van der Waals surface area contributed by atoms with Crippen LogP contribution in [0.2, 0.25) is 0 Å². The van der Waals surface area contributed by atoms with Crippen molar-refractivity contribution >= 4 is 5.95 Å². The Balaban J connectivity index is 2.33. The highest BCUT2D eigenvalue weighted by Gasteiger charge is 2.27. The maximum atomic E-state index is 4.97. The standard InChI is InChI=1S/C8H12N4O/c1-9-7-10-6(5-3-4-5)11-8(12-7)13-2/h5H,3-4H2,1-2H3,(H,9,10,11,12). The SMILES string of the molecule is CNc1nc(OC)nc(C2CC2)n1. The van der Waals surface area contributed by atoms with E-state index in [9.17, 15) is 0 Å². The van der Waals surface area contributed by atoms with Gasteiger partial charge in [-0.05, 0) is 12.8 Å². The molecular weight excluding hydrogens is 168 g/mol. The number of ether oxygens (including phenoxy) is 1. The molecule has 5 nitrogen and oxygen atoms in total. The molecule has 1 fully saturated rings. The Bertz CT molecular complexity index is 289. The van der Waals surface area contributed by atoms with Gasteiger partial charge in [-0.25, -0.2) is 0 Å². The average molecular weight is 180 g/mol. The van der Waals surface area contributed by atoms with Crippen molar-refractivity contribution in [2.24, 2.45) is 0 Å². The highest BCUT2D eigenvalue weighted by molar-refractivity contribution is 5.26. The number of anilines is 1. The van der Waals surface area contributed by atoms with Gasteiger partial charge in [0.15, 0.2) is 0 Å². The Hall–Kier alpha value is -1.39. The normalized spacial score (nSPS) is 15.5. The summed E-state index contributed by atoms with van der Waals surface area (Å²) in [6, 6.07) is 0.390. The molecule has 5 heteroatoms. The first-order chi connectivity index (χ1) is 6.33. The van der Waals surface area contributed by atoms with Crippen molar-refractivity contribution in [2.75, 3.05) is 19.5 Å². The highest BCUT2D eigenvalue weighted by Crippen LogP contribution is 2.38. The van der Waals surface area contributed by atoms with Gasteiger partial charge < -0.3 is 10.1 Å². The number of hydrogen-bond acceptors (Lipinski definition) is 5. The van der Waals surface area contributed by atoms with Crippen molar-refractivity contribution in [3.05, 3.63) is 5.82 Å². The molecule has 1 aliphatic carbocycles. The summed E-state index contributed by atoms with van der Waals surface area (Å²) in [6.45, 7) is 0. The smallest absolute Gasteiger partial charge is 0.321 e. The molecule has 1 N–H and O–H groups in total. The minimum atomic E-state index is 0.390. The zero-order valence-electron chi connectivity index (χ0n) is 7.74. The Morgan fingerprint density at radius 2 is 2.08 bits per heavy atom. The van der Waals surface area contributed by atoms with Crippen LogP contribution in [0.25, 0.3) is 0 Å². The third-order valence-corrected chi connectivity index (χ3v) is 1.98. The summed E-state index contributed by atoms with van der Waals surface area (Å²) in [6.07, 6.45) is 2.35. The van der Waals surface area contributed by atoms with Gasteiger partial charge in [-0.3, -0.25) is 0 Å². The lowest BCUT2D eigenvalue weighted by Crippen LogP contribution is -2.04. The second-order valence-electron chi connectivity index (χ2n) is 3.03. The zero-order chi connectivity index (χ0) is 9.26. The lowest BCUT2D eigenvalue weighted by atomic mass is 10.4. The van der Waals surface area contributed by atoms with Crippen LogP contribution < -0.4 is 10.1 Å². The first kappa shape index (κ1) is 8.22. The van der Waals surface area contributed by atoms with Crippen LogP contribution in [0.15, 0.2) is 0 Å². The van der Waals surface area contributed by atoms with Crippen molar-refractivity contribution < 1.29 is 4.74 Å². The fraction of sp³-hybridized carbons (Fsp3) is 0.625. The maximum Gasteiger partial charge on any atom is 0.321 e. The van der Waals surface area contributed by atoms with Crippen LogP contribution in [-0.2, 0) is 0 Å². The minimum absolute atomic E-state index is 0.390. The molecule has 1 saturated carbocycles. The van der Waals surface area contributed by atoms with Gasteiger partial charge in [-0.2, -0.15) is 15.0 Å². The van der Waals surface area contributed by atoms with Gasteiger partial charge in [0.05, 0.1) is 7.11 Å². The molecule has 0 spiro atoms. The van der Waals surface area contributed by atoms with Crippen LogP contribution in [0, 0.1) is 0 Å². The molecule has 0 unspecified atom stereocenters. The Labute approximate surface area is 76.6 Å². The molecule has 0 aromatic carbocycles. The topological polar surface area (TPSA) is 59.9 Å². The van der Waals surface area contributed by atoms with Gasteiger partial charge in [-0.15, -0.1) is 0 Å². The number of hydrogen-bond donors (Lipinski definition) is 1. The van der Waals surface area contributed by atoms with E-state index in [0.717, 1.165) is 5.82 Å². The number of nitrogens with zero attached hydrogens (tertiary/aromatic N) is 3. The van der Waals surface area contributed by atoms with Crippen LogP contribution in [0.1, 0.15) is 24.6 Å². The molecule has 0 bridgehead atoms. The summed E-state index contributed by atoms with van der Waals surface area (Å²) in [4.78, 5) is 12.5. The zero-order valence-corrected chi connectivity index (χ0v) is 7.74. The van der Waals surface area contributed by atoms with Gasteiger partial charge in [0.1, 0.15) is 5.82 Å². The van der Waals surface area contributed by atoms with E-state index in [2.05, 4.69) is 20.3 Å². The molecule has 0 radical (unpaired) electrons. The molecule has 0 atom stereocenters. The number of aromatic nitrogens is 3. The average Bonchev–Trinajstić information content (AvgIpc) is 3.00. The molecule has 0 aliphatic heterocycles. The first-order valence-corrected chi connectivity index (χ1v) is 4.31. The molecule has 1 heterocycles. The Morgan fingerprint density at radius 3 is 2.62 bits per heavy atom. The predicted octanol–water partition coefficient (Wildman–Crippen LogP) is 0.799. The van der Waals surface area contributed by atoms with Crippen LogP contribution in [-0.4, -0.2) is 29.1 Å². The second-order valence-corrected chi connectivity index (χ2v) is 3.03. The van der Waals surface area contributed by atoms with Crippen LogP contribution >= 0.6 is 0 Å². The molecule has 1 aromatic rings. The van der Waals surface area contributed by atoms with E-state index in [4.69, 9.17) is 4.74 Å². The lowest BCUT2D eigenvalue weighted by Gasteiger charge is -2.03. The summed E-state index contributed by atoms with van der Waals surface area (Å²) in [7, 11) is 3.34. The third-order valence-electron chi connectivity index (χ3n) is 1.98. The van der Waals surface area contributed by atoms with E-state index in [1.165, 1.54) is 12.8 Å². The van der Waals surface area contributed by atoms with E-state index in [1.807, 2.05) is 0 Å². The summed E-state index contributed by atoms with van der Waals surface area (Å²) in [5.74, 6) is 1.94. The Kier molecular flexibility index (Phi) is 2.00. The van der Waals surface area contributed by atoms with Gasteiger partial charge in [0.25, 0.3) is 0 Å². The van der Waals surface area contributed by atoms with Crippen LogP contribution in [0.4, 0.5) is 5.95 Å². The van der Waals surface area contributed by atoms with Gasteiger partial charge in [0.2, 0.25) is 5.95 Å². The van der Waals surface area contributed by atoms with E-state index in [0.29, 0.717) is 17.9 Å². The first-order valence-electron chi connectivity index (χ1n) is 4.31. The molecule has 0 saturated heterocycles. The molecule has 70 valence electrons. The van der Waals surface area contributed by atoms with Crippen LogP contribution in [0.5, 0.6) is 6.01 Å². The van der Waals surface area contributed by atoms with Crippen molar-refractivity contribution in [3.63, 3.8) is 0 Å². The van der Waals surface area contributed by atoms with E-state index in [-0.39, 0.29) is 0 Å². The molecule has 1 aliphatic rings. The van der Waals surface area contributed by atoms with Crippen molar-refractivity contribution in [1.82, 2.24) is 15.0 Å². The summed E-state index contributed by atoms with van der Waals surface area (Å²) >= 11 is 0.